The minimum atomic E-state index is -0.0837. The molecule has 72 valence electrons. The number of benzene rings is 1. The average molecular weight is 254 g/mol. The van der Waals surface area contributed by atoms with Crippen molar-refractivity contribution in [3.05, 3.63) is 28.7 Å². The minimum Gasteiger partial charge on any atom is -0.325 e. The van der Waals surface area contributed by atoms with E-state index in [1.54, 1.807) is 0 Å². The third-order valence-electron chi connectivity index (χ3n) is 1.77. The number of rotatable bonds is 1. The Morgan fingerprint density at radius 2 is 2.21 bits per heavy atom. The summed E-state index contributed by atoms with van der Waals surface area (Å²) in [6.07, 6.45) is 0. The maximum Gasteiger partial charge on any atom is 0.248 e. The average Bonchev–Trinajstić information content (AvgIpc) is 2.56. The number of carbonyl (C=O) groups is 1. The van der Waals surface area contributed by atoms with Gasteiger partial charge in [0, 0.05) is 4.47 Å². The van der Waals surface area contributed by atoms with Gasteiger partial charge in [0.1, 0.15) is 6.54 Å². The summed E-state index contributed by atoms with van der Waals surface area (Å²) in [7, 11) is 0. The SMILES string of the molecule is O=C1CN=C(Nc2ccccc2Br)N1. The predicted molar refractivity (Wildman–Crippen MR) is 58.2 cm³/mol. The molecule has 1 aromatic carbocycles. The normalized spacial score (nSPS) is 14.9. The molecule has 0 aliphatic carbocycles. The van der Waals surface area contributed by atoms with Crippen molar-refractivity contribution in [2.24, 2.45) is 4.99 Å². The van der Waals surface area contributed by atoms with Crippen LogP contribution in [0.15, 0.2) is 33.7 Å². The van der Waals surface area contributed by atoms with Crippen molar-refractivity contribution in [1.82, 2.24) is 5.32 Å². The zero-order chi connectivity index (χ0) is 9.97. The molecule has 1 amide bonds. The van der Waals surface area contributed by atoms with Gasteiger partial charge in [-0.05, 0) is 28.1 Å². The molecule has 0 saturated carbocycles. The van der Waals surface area contributed by atoms with Gasteiger partial charge in [-0.25, -0.2) is 4.99 Å². The Labute approximate surface area is 89.5 Å². The molecule has 14 heavy (non-hydrogen) atoms. The quantitative estimate of drug-likeness (QED) is 0.794. The fourth-order valence-corrected chi connectivity index (χ4v) is 1.51. The number of amides is 1. The Balaban J connectivity index is 2.12. The molecule has 0 atom stereocenters. The first-order valence-corrected chi connectivity index (χ1v) is 4.91. The number of halogens is 1. The molecule has 0 unspecified atom stereocenters. The molecule has 2 rings (SSSR count). The van der Waals surface area contributed by atoms with Crippen molar-refractivity contribution in [1.29, 1.82) is 0 Å². The fraction of sp³-hybridized carbons (Fsp3) is 0.111. The fourth-order valence-electron chi connectivity index (χ4n) is 1.12. The first-order valence-electron chi connectivity index (χ1n) is 4.11. The molecule has 1 heterocycles. The van der Waals surface area contributed by atoms with E-state index < -0.39 is 0 Å². The molecule has 1 aliphatic rings. The van der Waals surface area contributed by atoms with Gasteiger partial charge < -0.3 is 5.32 Å². The van der Waals surface area contributed by atoms with Gasteiger partial charge in [0.05, 0.1) is 5.69 Å². The highest BCUT2D eigenvalue weighted by atomic mass is 79.9. The van der Waals surface area contributed by atoms with E-state index in [-0.39, 0.29) is 12.5 Å². The first-order chi connectivity index (χ1) is 6.75. The number of aliphatic imine (C=N–C) groups is 1. The van der Waals surface area contributed by atoms with Crippen LogP contribution < -0.4 is 10.6 Å². The topological polar surface area (TPSA) is 53.5 Å². The molecular weight excluding hydrogens is 246 g/mol. The van der Waals surface area contributed by atoms with Crippen LogP contribution in [-0.4, -0.2) is 18.4 Å². The highest BCUT2D eigenvalue weighted by molar-refractivity contribution is 9.10. The van der Waals surface area contributed by atoms with Crippen molar-refractivity contribution >= 4 is 33.5 Å². The molecule has 0 saturated heterocycles. The van der Waals surface area contributed by atoms with Crippen LogP contribution in [0.4, 0.5) is 5.69 Å². The zero-order valence-electron chi connectivity index (χ0n) is 7.25. The van der Waals surface area contributed by atoms with E-state index in [0.717, 1.165) is 10.2 Å². The van der Waals surface area contributed by atoms with Gasteiger partial charge in [0.2, 0.25) is 11.9 Å². The van der Waals surface area contributed by atoms with Crippen LogP contribution in [-0.2, 0) is 4.79 Å². The monoisotopic (exact) mass is 253 g/mol. The van der Waals surface area contributed by atoms with Gasteiger partial charge in [-0.15, -0.1) is 0 Å². The van der Waals surface area contributed by atoms with Crippen LogP contribution in [0.3, 0.4) is 0 Å². The van der Waals surface area contributed by atoms with Crippen LogP contribution in [0.1, 0.15) is 0 Å². The van der Waals surface area contributed by atoms with E-state index in [1.807, 2.05) is 24.3 Å². The largest absolute Gasteiger partial charge is 0.325 e. The van der Waals surface area contributed by atoms with Crippen molar-refractivity contribution < 1.29 is 4.79 Å². The summed E-state index contributed by atoms with van der Waals surface area (Å²) >= 11 is 3.39. The van der Waals surface area contributed by atoms with Gasteiger partial charge in [-0.1, -0.05) is 12.1 Å². The van der Waals surface area contributed by atoms with E-state index in [9.17, 15) is 4.79 Å². The van der Waals surface area contributed by atoms with E-state index in [4.69, 9.17) is 0 Å². The molecule has 0 spiro atoms. The second-order valence-electron chi connectivity index (χ2n) is 2.82. The number of para-hydroxylation sites is 1. The van der Waals surface area contributed by atoms with Crippen LogP contribution >= 0.6 is 15.9 Å². The Morgan fingerprint density at radius 1 is 1.43 bits per heavy atom. The number of carbonyl (C=O) groups excluding carboxylic acids is 1. The number of nitrogens with zero attached hydrogens (tertiary/aromatic N) is 1. The number of hydrogen-bond donors (Lipinski definition) is 2. The van der Waals surface area contributed by atoms with Gasteiger partial charge in [-0.2, -0.15) is 0 Å². The van der Waals surface area contributed by atoms with Crippen molar-refractivity contribution in [2.75, 3.05) is 11.9 Å². The number of hydrogen-bond acceptors (Lipinski definition) is 3. The first kappa shape index (κ1) is 9.21. The van der Waals surface area contributed by atoms with Crippen LogP contribution in [0, 0.1) is 0 Å². The third kappa shape index (κ3) is 1.93. The molecule has 0 aromatic heterocycles. The smallest absolute Gasteiger partial charge is 0.248 e. The van der Waals surface area contributed by atoms with E-state index in [0.29, 0.717) is 5.96 Å². The molecule has 5 heteroatoms. The Kier molecular flexibility index (Phi) is 2.49. The molecular formula is C9H8BrN3O. The highest BCUT2D eigenvalue weighted by Crippen LogP contribution is 2.21. The lowest BCUT2D eigenvalue weighted by Gasteiger charge is -2.06. The standard InChI is InChI=1S/C9H8BrN3O/c10-6-3-1-2-4-7(6)12-9-11-5-8(14)13-9/h1-4H,5H2,(H2,11,12,13,14). The molecule has 4 nitrogen and oxygen atoms in total. The van der Waals surface area contributed by atoms with Gasteiger partial charge in [0.25, 0.3) is 0 Å². The Morgan fingerprint density at radius 3 is 2.86 bits per heavy atom. The second kappa shape index (κ2) is 3.79. The van der Waals surface area contributed by atoms with Crippen molar-refractivity contribution in [2.45, 2.75) is 0 Å². The van der Waals surface area contributed by atoms with Crippen molar-refractivity contribution in [3.8, 4) is 0 Å². The summed E-state index contributed by atoms with van der Waals surface area (Å²) < 4.78 is 0.934. The molecule has 0 fully saturated rings. The summed E-state index contributed by atoms with van der Waals surface area (Å²) in [5.74, 6) is 0.418. The van der Waals surface area contributed by atoms with E-state index >= 15 is 0 Å². The van der Waals surface area contributed by atoms with Gasteiger partial charge in [-0.3, -0.25) is 10.1 Å². The van der Waals surface area contributed by atoms with Crippen LogP contribution in [0.5, 0.6) is 0 Å². The summed E-state index contributed by atoms with van der Waals surface area (Å²) in [6.45, 7) is 0.201. The number of nitrogens with one attached hydrogen (secondary N) is 2. The lowest BCUT2D eigenvalue weighted by molar-refractivity contribution is -0.117. The summed E-state index contributed by atoms with van der Waals surface area (Å²) in [5, 5.41) is 5.62. The summed E-state index contributed by atoms with van der Waals surface area (Å²) in [4.78, 5) is 14.8. The van der Waals surface area contributed by atoms with Gasteiger partial charge >= 0.3 is 0 Å². The molecule has 0 bridgehead atoms. The Bertz CT molecular complexity index is 403. The number of guanidine groups is 1. The number of anilines is 1. The third-order valence-corrected chi connectivity index (χ3v) is 2.46. The molecule has 1 aliphatic heterocycles. The molecule has 0 radical (unpaired) electrons. The minimum absolute atomic E-state index is 0.0837. The van der Waals surface area contributed by atoms with E-state index in [2.05, 4.69) is 31.6 Å². The second-order valence-corrected chi connectivity index (χ2v) is 3.67. The molecule has 2 N–H and O–H groups in total. The Hall–Kier alpha value is -1.36. The van der Waals surface area contributed by atoms with Crippen LogP contribution in [0.2, 0.25) is 0 Å². The zero-order valence-corrected chi connectivity index (χ0v) is 8.84. The van der Waals surface area contributed by atoms with Crippen molar-refractivity contribution in [3.63, 3.8) is 0 Å². The van der Waals surface area contributed by atoms with Crippen LogP contribution in [0.25, 0.3) is 0 Å². The summed E-state index contributed by atoms with van der Waals surface area (Å²) in [5.41, 5.74) is 0.883. The summed E-state index contributed by atoms with van der Waals surface area (Å²) in [6, 6.07) is 7.64. The lowest BCUT2D eigenvalue weighted by atomic mass is 10.3. The molecule has 1 aromatic rings. The highest BCUT2D eigenvalue weighted by Gasteiger charge is 2.13. The lowest BCUT2D eigenvalue weighted by Crippen LogP contribution is -2.30. The van der Waals surface area contributed by atoms with Gasteiger partial charge in [0.15, 0.2) is 0 Å². The predicted octanol–water partition coefficient (Wildman–Crippen LogP) is 1.35. The maximum atomic E-state index is 10.9. The van der Waals surface area contributed by atoms with E-state index in [1.165, 1.54) is 0 Å². The maximum absolute atomic E-state index is 10.9.